The van der Waals surface area contributed by atoms with Gasteiger partial charge in [-0.1, -0.05) is 12.1 Å². The smallest absolute Gasteiger partial charge is 0.317 e. The number of carboxylic acid groups (broad SMARTS) is 1. The maximum Gasteiger partial charge on any atom is 0.317 e. The van der Waals surface area contributed by atoms with Crippen molar-refractivity contribution in [2.45, 2.75) is 12.8 Å². The second kappa shape index (κ2) is 6.52. The standard InChI is InChI=1S/C15H19NO4/c1-20-13-5-3-2-4-12(13)15(19)11-6-8-16(9-7-11)10-14(17)18/h2-5,11H,6-10H2,1H3,(H,17,18). The van der Waals surface area contributed by atoms with Gasteiger partial charge in [-0.15, -0.1) is 0 Å². The lowest BCUT2D eigenvalue weighted by molar-refractivity contribution is -0.138. The summed E-state index contributed by atoms with van der Waals surface area (Å²) in [7, 11) is 1.56. The molecule has 1 aromatic carbocycles. The minimum Gasteiger partial charge on any atom is -0.496 e. The first-order valence-corrected chi connectivity index (χ1v) is 6.73. The van der Waals surface area contributed by atoms with Crippen molar-refractivity contribution in [2.24, 2.45) is 5.92 Å². The molecule has 0 saturated carbocycles. The molecule has 5 heteroatoms. The minimum atomic E-state index is -0.820. The molecule has 1 heterocycles. The van der Waals surface area contributed by atoms with Crippen molar-refractivity contribution < 1.29 is 19.4 Å². The van der Waals surface area contributed by atoms with E-state index in [1.807, 2.05) is 17.0 Å². The highest BCUT2D eigenvalue weighted by atomic mass is 16.5. The van der Waals surface area contributed by atoms with Crippen molar-refractivity contribution in [2.75, 3.05) is 26.7 Å². The molecule has 1 saturated heterocycles. The van der Waals surface area contributed by atoms with Gasteiger partial charge in [-0.3, -0.25) is 14.5 Å². The van der Waals surface area contributed by atoms with Gasteiger partial charge < -0.3 is 9.84 Å². The zero-order chi connectivity index (χ0) is 14.5. The van der Waals surface area contributed by atoms with Crippen LogP contribution in [0.15, 0.2) is 24.3 Å². The molecule has 0 spiro atoms. The molecule has 1 fully saturated rings. The number of Topliss-reactive ketones (excluding diaryl/α,β-unsaturated/α-hetero) is 1. The molecule has 0 radical (unpaired) electrons. The number of rotatable bonds is 5. The normalized spacial score (nSPS) is 16.9. The Kier molecular flexibility index (Phi) is 4.74. The molecule has 1 aliphatic rings. The predicted octanol–water partition coefficient (Wildman–Crippen LogP) is 1.67. The van der Waals surface area contributed by atoms with Crippen molar-refractivity contribution in [3.05, 3.63) is 29.8 Å². The summed E-state index contributed by atoms with van der Waals surface area (Å²) in [6, 6.07) is 7.23. The van der Waals surface area contributed by atoms with Gasteiger partial charge in [0.1, 0.15) is 5.75 Å². The lowest BCUT2D eigenvalue weighted by Gasteiger charge is -2.30. The number of nitrogens with zero attached hydrogens (tertiary/aromatic N) is 1. The molecule has 0 unspecified atom stereocenters. The van der Waals surface area contributed by atoms with E-state index < -0.39 is 5.97 Å². The van der Waals surface area contributed by atoms with E-state index in [-0.39, 0.29) is 18.2 Å². The Morgan fingerprint density at radius 2 is 1.95 bits per heavy atom. The van der Waals surface area contributed by atoms with Crippen LogP contribution in [0.5, 0.6) is 5.75 Å². The molecule has 0 atom stereocenters. The van der Waals surface area contributed by atoms with Gasteiger partial charge in [0.05, 0.1) is 19.2 Å². The number of hydrogen-bond donors (Lipinski definition) is 1. The zero-order valence-electron chi connectivity index (χ0n) is 11.5. The Balaban J connectivity index is 2.00. The monoisotopic (exact) mass is 277 g/mol. The predicted molar refractivity (Wildman–Crippen MR) is 74.1 cm³/mol. The number of ketones is 1. The molecular weight excluding hydrogens is 258 g/mol. The van der Waals surface area contributed by atoms with Crippen LogP contribution in [-0.2, 0) is 4.79 Å². The largest absolute Gasteiger partial charge is 0.496 e. The Morgan fingerprint density at radius 3 is 2.55 bits per heavy atom. The van der Waals surface area contributed by atoms with E-state index >= 15 is 0 Å². The van der Waals surface area contributed by atoms with E-state index in [1.54, 1.807) is 19.2 Å². The zero-order valence-corrected chi connectivity index (χ0v) is 11.5. The molecular formula is C15H19NO4. The van der Waals surface area contributed by atoms with Crippen LogP contribution in [-0.4, -0.2) is 48.5 Å². The van der Waals surface area contributed by atoms with Crippen molar-refractivity contribution in [1.82, 2.24) is 4.90 Å². The fourth-order valence-electron chi connectivity index (χ4n) is 2.61. The summed E-state index contributed by atoms with van der Waals surface area (Å²) >= 11 is 0. The van der Waals surface area contributed by atoms with Crippen LogP contribution in [0.4, 0.5) is 0 Å². The lowest BCUT2D eigenvalue weighted by atomic mass is 9.88. The number of methoxy groups -OCH3 is 1. The number of carbonyl (C=O) groups is 2. The molecule has 2 rings (SSSR count). The van der Waals surface area contributed by atoms with E-state index in [9.17, 15) is 9.59 Å². The van der Waals surface area contributed by atoms with Gasteiger partial charge in [-0.2, -0.15) is 0 Å². The van der Waals surface area contributed by atoms with Crippen LogP contribution < -0.4 is 4.74 Å². The number of carbonyl (C=O) groups excluding carboxylic acids is 1. The van der Waals surface area contributed by atoms with E-state index in [0.717, 1.165) is 0 Å². The second-order valence-corrected chi connectivity index (χ2v) is 5.01. The van der Waals surface area contributed by atoms with E-state index in [4.69, 9.17) is 9.84 Å². The van der Waals surface area contributed by atoms with Crippen LogP contribution in [0.2, 0.25) is 0 Å². The third-order valence-electron chi connectivity index (χ3n) is 3.69. The highest BCUT2D eigenvalue weighted by Gasteiger charge is 2.27. The van der Waals surface area contributed by atoms with E-state index in [1.165, 1.54) is 0 Å². The highest BCUT2D eigenvalue weighted by Crippen LogP contribution is 2.26. The van der Waals surface area contributed by atoms with Gasteiger partial charge in [0.25, 0.3) is 0 Å². The first-order valence-electron chi connectivity index (χ1n) is 6.73. The molecule has 0 aliphatic carbocycles. The molecule has 108 valence electrons. The highest BCUT2D eigenvalue weighted by molar-refractivity contribution is 6.00. The number of para-hydroxylation sites is 1. The van der Waals surface area contributed by atoms with Gasteiger partial charge in [0, 0.05) is 5.92 Å². The molecule has 5 nitrogen and oxygen atoms in total. The van der Waals surface area contributed by atoms with Gasteiger partial charge >= 0.3 is 5.97 Å². The Labute approximate surface area is 118 Å². The summed E-state index contributed by atoms with van der Waals surface area (Å²) in [4.78, 5) is 25.0. The average Bonchev–Trinajstić information content (AvgIpc) is 2.46. The first kappa shape index (κ1) is 14.5. The average molecular weight is 277 g/mol. The summed E-state index contributed by atoms with van der Waals surface area (Å²) in [5.41, 5.74) is 0.617. The fourth-order valence-corrected chi connectivity index (χ4v) is 2.61. The fraction of sp³-hybridized carbons (Fsp3) is 0.467. The first-order chi connectivity index (χ1) is 9.61. The van der Waals surface area contributed by atoms with Gasteiger partial charge in [0.2, 0.25) is 0 Å². The molecule has 1 aliphatic heterocycles. The summed E-state index contributed by atoms with van der Waals surface area (Å²) < 4.78 is 5.22. The third-order valence-corrected chi connectivity index (χ3v) is 3.69. The number of aliphatic carboxylic acids is 1. The topological polar surface area (TPSA) is 66.8 Å². The number of carboxylic acids is 1. The summed E-state index contributed by atoms with van der Waals surface area (Å²) in [5.74, 6) is -0.168. The van der Waals surface area contributed by atoms with Crippen LogP contribution >= 0.6 is 0 Å². The number of likely N-dealkylation sites (tertiary alicyclic amines) is 1. The SMILES string of the molecule is COc1ccccc1C(=O)C1CCN(CC(=O)O)CC1. The Hall–Kier alpha value is -1.88. The maximum absolute atomic E-state index is 12.5. The summed E-state index contributed by atoms with van der Waals surface area (Å²) in [6.45, 7) is 1.35. The van der Waals surface area contributed by atoms with Crippen LogP contribution in [0.3, 0.4) is 0 Å². The molecule has 1 aromatic rings. The molecule has 0 bridgehead atoms. The molecule has 0 aromatic heterocycles. The molecule has 1 N–H and O–H groups in total. The number of hydrogen-bond acceptors (Lipinski definition) is 4. The van der Waals surface area contributed by atoms with E-state index in [0.29, 0.717) is 37.2 Å². The van der Waals surface area contributed by atoms with Crippen molar-refractivity contribution in [3.8, 4) is 5.75 Å². The third kappa shape index (κ3) is 3.36. The maximum atomic E-state index is 12.5. The Bertz CT molecular complexity index is 492. The number of ether oxygens (including phenoxy) is 1. The van der Waals surface area contributed by atoms with Gasteiger partial charge in [-0.05, 0) is 38.1 Å². The van der Waals surface area contributed by atoms with Gasteiger partial charge in [-0.25, -0.2) is 0 Å². The van der Waals surface area contributed by atoms with E-state index in [2.05, 4.69) is 0 Å². The van der Waals surface area contributed by atoms with Crippen LogP contribution in [0.1, 0.15) is 23.2 Å². The number of piperidine rings is 1. The molecule has 0 amide bonds. The minimum absolute atomic E-state index is 0.0451. The van der Waals surface area contributed by atoms with Gasteiger partial charge in [0.15, 0.2) is 5.78 Å². The van der Waals surface area contributed by atoms with Crippen LogP contribution in [0.25, 0.3) is 0 Å². The van der Waals surface area contributed by atoms with Crippen molar-refractivity contribution in [3.63, 3.8) is 0 Å². The summed E-state index contributed by atoms with van der Waals surface area (Å²) in [6.07, 6.45) is 1.40. The Morgan fingerprint density at radius 1 is 1.30 bits per heavy atom. The van der Waals surface area contributed by atoms with Crippen molar-refractivity contribution >= 4 is 11.8 Å². The number of benzene rings is 1. The molecule has 20 heavy (non-hydrogen) atoms. The quantitative estimate of drug-likeness (QED) is 0.829. The second-order valence-electron chi connectivity index (χ2n) is 5.01. The lowest BCUT2D eigenvalue weighted by Crippen LogP contribution is -2.39. The summed E-state index contributed by atoms with van der Waals surface area (Å²) in [5, 5.41) is 8.76. The van der Waals surface area contributed by atoms with Crippen LogP contribution in [0, 0.1) is 5.92 Å². The van der Waals surface area contributed by atoms with Crippen molar-refractivity contribution in [1.29, 1.82) is 0 Å².